The fourth-order valence-electron chi connectivity index (χ4n) is 3.28. The molecule has 0 radical (unpaired) electrons. The maximum atomic E-state index is 3.64. The molecule has 2 nitrogen and oxygen atoms in total. The summed E-state index contributed by atoms with van der Waals surface area (Å²) in [6.07, 6.45) is 6.78. The fourth-order valence-corrected chi connectivity index (χ4v) is 3.28. The number of hydrogen-bond donors (Lipinski definition) is 1. The van der Waals surface area contributed by atoms with Gasteiger partial charge in [-0.3, -0.25) is 0 Å². The molecule has 20 heavy (non-hydrogen) atoms. The predicted molar refractivity (Wildman–Crippen MR) is 87.0 cm³/mol. The van der Waals surface area contributed by atoms with Crippen LogP contribution < -0.4 is 5.32 Å². The van der Waals surface area contributed by atoms with E-state index in [-0.39, 0.29) is 0 Å². The van der Waals surface area contributed by atoms with Gasteiger partial charge in [0.2, 0.25) is 0 Å². The van der Waals surface area contributed by atoms with E-state index in [0.717, 1.165) is 12.6 Å². The van der Waals surface area contributed by atoms with Crippen LogP contribution in [0.2, 0.25) is 0 Å². The zero-order valence-corrected chi connectivity index (χ0v) is 13.1. The van der Waals surface area contributed by atoms with Gasteiger partial charge in [-0.2, -0.15) is 0 Å². The van der Waals surface area contributed by atoms with Gasteiger partial charge in [-0.15, -0.1) is 0 Å². The van der Waals surface area contributed by atoms with E-state index in [1.807, 2.05) is 0 Å². The Morgan fingerprint density at radius 2 is 2.00 bits per heavy atom. The maximum absolute atomic E-state index is 3.64. The Labute approximate surface area is 124 Å². The maximum Gasteiger partial charge on any atom is 0.0332 e. The predicted octanol–water partition coefficient (Wildman–Crippen LogP) is 3.99. The first-order valence-corrected chi connectivity index (χ1v) is 8.33. The van der Waals surface area contributed by atoms with Gasteiger partial charge in [-0.05, 0) is 44.8 Å². The summed E-state index contributed by atoms with van der Waals surface area (Å²) in [7, 11) is 0. The molecule has 2 heteroatoms. The van der Waals surface area contributed by atoms with Crippen molar-refractivity contribution in [1.29, 1.82) is 0 Å². The highest BCUT2D eigenvalue weighted by Gasteiger charge is 2.18. The molecular weight excluding hydrogens is 244 g/mol. The van der Waals surface area contributed by atoms with E-state index in [1.165, 1.54) is 50.8 Å². The van der Waals surface area contributed by atoms with Crippen molar-refractivity contribution in [2.24, 2.45) is 0 Å². The SMILES string of the molecule is CCNC(CCN1CCCCCC1C)c1ccccc1. The van der Waals surface area contributed by atoms with Crippen LogP contribution in [-0.4, -0.2) is 30.6 Å². The topological polar surface area (TPSA) is 15.3 Å². The monoisotopic (exact) mass is 274 g/mol. The highest BCUT2D eigenvalue weighted by atomic mass is 15.1. The lowest BCUT2D eigenvalue weighted by molar-refractivity contribution is 0.202. The van der Waals surface area contributed by atoms with Gasteiger partial charge >= 0.3 is 0 Å². The first-order valence-electron chi connectivity index (χ1n) is 8.33. The van der Waals surface area contributed by atoms with E-state index in [9.17, 15) is 0 Å². The summed E-state index contributed by atoms with van der Waals surface area (Å²) in [5, 5.41) is 3.64. The zero-order valence-electron chi connectivity index (χ0n) is 13.1. The number of nitrogens with zero attached hydrogens (tertiary/aromatic N) is 1. The standard InChI is InChI=1S/C18H30N2/c1-3-19-18(17-11-7-4-8-12-17)13-15-20-14-9-5-6-10-16(20)2/h4,7-8,11-12,16,18-19H,3,5-6,9-10,13-15H2,1-2H3. The van der Waals surface area contributed by atoms with Crippen LogP contribution in [0.4, 0.5) is 0 Å². The third-order valence-corrected chi connectivity index (χ3v) is 4.55. The van der Waals surface area contributed by atoms with Crippen molar-refractivity contribution in [3.8, 4) is 0 Å². The van der Waals surface area contributed by atoms with Crippen molar-refractivity contribution in [2.45, 2.75) is 58.0 Å². The van der Waals surface area contributed by atoms with Crippen LogP contribution in [0.1, 0.15) is 57.6 Å². The molecule has 0 aromatic heterocycles. The van der Waals surface area contributed by atoms with Crippen molar-refractivity contribution in [2.75, 3.05) is 19.6 Å². The molecule has 0 amide bonds. The quantitative estimate of drug-likeness (QED) is 0.843. The summed E-state index contributed by atoms with van der Waals surface area (Å²) < 4.78 is 0. The molecule has 2 unspecified atom stereocenters. The number of likely N-dealkylation sites (tertiary alicyclic amines) is 1. The smallest absolute Gasteiger partial charge is 0.0332 e. The molecular formula is C18H30N2. The Morgan fingerprint density at radius 3 is 2.75 bits per heavy atom. The Morgan fingerprint density at radius 1 is 1.20 bits per heavy atom. The normalized spacial score (nSPS) is 22.4. The summed E-state index contributed by atoms with van der Waals surface area (Å²) in [4.78, 5) is 2.69. The van der Waals surface area contributed by atoms with Crippen molar-refractivity contribution in [3.05, 3.63) is 35.9 Å². The first-order chi connectivity index (χ1) is 9.81. The van der Waals surface area contributed by atoms with Crippen LogP contribution in [0, 0.1) is 0 Å². The highest BCUT2D eigenvalue weighted by Crippen LogP contribution is 2.21. The molecule has 2 rings (SSSR count). The van der Waals surface area contributed by atoms with Gasteiger partial charge in [0.25, 0.3) is 0 Å². The van der Waals surface area contributed by atoms with E-state index in [1.54, 1.807) is 0 Å². The van der Waals surface area contributed by atoms with E-state index in [2.05, 4.69) is 54.4 Å². The number of hydrogen-bond acceptors (Lipinski definition) is 2. The fraction of sp³-hybridized carbons (Fsp3) is 0.667. The van der Waals surface area contributed by atoms with Crippen molar-refractivity contribution in [3.63, 3.8) is 0 Å². The second-order valence-electron chi connectivity index (χ2n) is 6.04. The Hall–Kier alpha value is -0.860. The van der Waals surface area contributed by atoms with Gasteiger partial charge < -0.3 is 10.2 Å². The van der Waals surface area contributed by atoms with E-state index in [0.29, 0.717) is 6.04 Å². The van der Waals surface area contributed by atoms with Crippen LogP contribution in [0.3, 0.4) is 0 Å². The van der Waals surface area contributed by atoms with Gasteiger partial charge in [-0.25, -0.2) is 0 Å². The summed E-state index contributed by atoms with van der Waals surface area (Å²) in [6, 6.07) is 12.1. The van der Waals surface area contributed by atoms with E-state index >= 15 is 0 Å². The van der Waals surface area contributed by atoms with Crippen LogP contribution >= 0.6 is 0 Å². The summed E-state index contributed by atoms with van der Waals surface area (Å²) in [5.74, 6) is 0. The minimum atomic E-state index is 0.497. The number of nitrogens with one attached hydrogen (secondary N) is 1. The van der Waals surface area contributed by atoms with Crippen LogP contribution in [0.5, 0.6) is 0 Å². The van der Waals surface area contributed by atoms with Crippen LogP contribution in [-0.2, 0) is 0 Å². The van der Waals surface area contributed by atoms with Gasteiger partial charge in [0.05, 0.1) is 0 Å². The van der Waals surface area contributed by atoms with Gasteiger partial charge in [-0.1, -0.05) is 50.1 Å². The molecule has 1 saturated heterocycles. The van der Waals surface area contributed by atoms with Gasteiger partial charge in [0.15, 0.2) is 0 Å². The number of rotatable bonds is 6. The summed E-state index contributed by atoms with van der Waals surface area (Å²) in [6.45, 7) is 8.14. The molecule has 1 aliphatic heterocycles. The molecule has 1 N–H and O–H groups in total. The van der Waals surface area contributed by atoms with Gasteiger partial charge in [0.1, 0.15) is 0 Å². The van der Waals surface area contributed by atoms with E-state index in [4.69, 9.17) is 0 Å². The second-order valence-corrected chi connectivity index (χ2v) is 6.04. The molecule has 1 aromatic rings. The first kappa shape index (κ1) is 15.5. The van der Waals surface area contributed by atoms with Crippen molar-refractivity contribution < 1.29 is 0 Å². The molecule has 0 saturated carbocycles. The molecule has 0 spiro atoms. The lowest BCUT2D eigenvalue weighted by Gasteiger charge is -2.29. The Kier molecular flexibility index (Phi) is 6.55. The summed E-state index contributed by atoms with van der Waals surface area (Å²) >= 11 is 0. The second kappa shape index (κ2) is 8.43. The molecule has 1 heterocycles. The minimum Gasteiger partial charge on any atom is -0.310 e. The molecule has 2 atom stereocenters. The molecule has 112 valence electrons. The summed E-state index contributed by atoms with van der Waals surface area (Å²) in [5.41, 5.74) is 1.43. The average Bonchev–Trinajstić information content (AvgIpc) is 2.69. The zero-order chi connectivity index (χ0) is 14.2. The largest absolute Gasteiger partial charge is 0.310 e. The Bertz CT molecular complexity index is 363. The molecule has 0 aliphatic carbocycles. The van der Waals surface area contributed by atoms with Crippen LogP contribution in [0.25, 0.3) is 0 Å². The van der Waals surface area contributed by atoms with Crippen LogP contribution in [0.15, 0.2) is 30.3 Å². The molecule has 1 aromatic carbocycles. The molecule has 1 aliphatic rings. The van der Waals surface area contributed by atoms with E-state index < -0.39 is 0 Å². The van der Waals surface area contributed by atoms with Crippen molar-refractivity contribution >= 4 is 0 Å². The third-order valence-electron chi connectivity index (χ3n) is 4.55. The lowest BCUT2D eigenvalue weighted by Crippen LogP contribution is -2.35. The minimum absolute atomic E-state index is 0.497. The van der Waals surface area contributed by atoms with Crippen molar-refractivity contribution in [1.82, 2.24) is 10.2 Å². The Balaban J connectivity index is 1.91. The lowest BCUT2D eigenvalue weighted by atomic mass is 10.0. The average molecular weight is 274 g/mol. The number of benzene rings is 1. The van der Waals surface area contributed by atoms with Gasteiger partial charge in [0, 0.05) is 18.6 Å². The highest BCUT2D eigenvalue weighted by molar-refractivity contribution is 5.18. The third kappa shape index (κ3) is 4.60. The molecule has 1 fully saturated rings. The molecule has 0 bridgehead atoms.